The van der Waals surface area contributed by atoms with Gasteiger partial charge in [0.1, 0.15) is 0 Å². The second kappa shape index (κ2) is 5.29. The van der Waals surface area contributed by atoms with Crippen molar-refractivity contribution in [3.8, 4) is 11.3 Å². The summed E-state index contributed by atoms with van der Waals surface area (Å²) in [5.41, 5.74) is 6.12. The molecule has 0 aliphatic heterocycles. The Morgan fingerprint density at radius 3 is 2.30 bits per heavy atom. The lowest BCUT2D eigenvalue weighted by Gasteiger charge is -2.09. The highest BCUT2D eigenvalue weighted by atomic mass is 15.3. The Hall–Kier alpha value is -2.42. The largest absolute Gasteiger partial charge is 0.265 e. The third-order valence-corrected chi connectivity index (χ3v) is 3.31. The van der Waals surface area contributed by atoms with E-state index >= 15 is 0 Å². The molecule has 0 fully saturated rings. The molecule has 2 heterocycles. The number of pyridine rings is 1. The molecule has 0 saturated heterocycles. The van der Waals surface area contributed by atoms with Crippen molar-refractivity contribution in [2.75, 3.05) is 0 Å². The minimum absolute atomic E-state index is 0.785. The molecule has 3 nitrogen and oxygen atoms in total. The van der Waals surface area contributed by atoms with Crippen molar-refractivity contribution >= 4 is 0 Å². The first-order valence-corrected chi connectivity index (χ1v) is 6.72. The Bertz CT molecular complexity index is 694. The molecule has 100 valence electrons. The molecule has 0 atom stereocenters. The minimum atomic E-state index is 0.785. The van der Waals surface area contributed by atoms with Crippen LogP contribution in [0.3, 0.4) is 0 Å². The summed E-state index contributed by atoms with van der Waals surface area (Å²) >= 11 is 0. The highest BCUT2D eigenvalue weighted by Crippen LogP contribution is 2.19. The van der Waals surface area contributed by atoms with Gasteiger partial charge in [0, 0.05) is 24.2 Å². The second-order valence-corrected chi connectivity index (χ2v) is 5.11. The lowest BCUT2D eigenvalue weighted by atomic mass is 10.1. The predicted octanol–water partition coefficient (Wildman–Crippen LogP) is 3.61. The van der Waals surface area contributed by atoms with E-state index in [0.717, 1.165) is 17.8 Å². The van der Waals surface area contributed by atoms with Gasteiger partial charge in [0.2, 0.25) is 0 Å². The van der Waals surface area contributed by atoms with Gasteiger partial charge in [-0.25, -0.2) is 0 Å². The Balaban J connectivity index is 1.94. The molecule has 0 radical (unpaired) electrons. The molecule has 20 heavy (non-hydrogen) atoms. The van der Waals surface area contributed by atoms with Crippen molar-refractivity contribution in [2.24, 2.45) is 0 Å². The molecule has 0 aliphatic carbocycles. The van der Waals surface area contributed by atoms with Crippen LogP contribution in [-0.2, 0) is 6.54 Å². The lowest BCUT2D eigenvalue weighted by molar-refractivity contribution is 0.693. The van der Waals surface area contributed by atoms with Gasteiger partial charge in [0.15, 0.2) is 0 Å². The van der Waals surface area contributed by atoms with Gasteiger partial charge in [-0.05, 0) is 37.6 Å². The highest BCUT2D eigenvalue weighted by molar-refractivity contribution is 5.58. The molecule has 0 bridgehead atoms. The summed E-state index contributed by atoms with van der Waals surface area (Å²) in [6.45, 7) is 5.04. The van der Waals surface area contributed by atoms with Gasteiger partial charge in [-0.1, -0.05) is 29.3 Å². The van der Waals surface area contributed by atoms with Crippen molar-refractivity contribution in [3.63, 3.8) is 0 Å². The molecular formula is C17H17N3. The van der Waals surface area contributed by atoms with Gasteiger partial charge in [-0.2, -0.15) is 5.10 Å². The molecule has 2 aromatic heterocycles. The van der Waals surface area contributed by atoms with Crippen molar-refractivity contribution in [3.05, 3.63) is 71.7 Å². The average Bonchev–Trinajstić information content (AvgIpc) is 2.86. The standard InChI is InChI=1S/C17H17N3/c1-13-9-14(2)11-15(10-13)12-20-17(5-8-19-20)16-3-6-18-7-4-16/h3-11H,12H2,1-2H3. The number of aromatic nitrogens is 3. The Morgan fingerprint density at radius 1 is 0.900 bits per heavy atom. The zero-order valence-electron chi connectivity index (χ0n) is 11.7. The number of hydrogen-bond acceptors (Lipinski definition) is 2. The van der Waals surface area contributed by atoms with E-state index in [4.69, 9.17) is 0 Å². The smallest absolute Gasteiger partial charge is 0.0687 e. The van der Waals surface area contributed by atoms with E-state index in [1.165, 1.54) is 16.7 Å². The number of benzene rings is 1. The molecular weight excluding hydrogens is 246 g/mol. The molecule has 1 aromatic carbocycles. The molecule has 0 N–H and O–H groups in total. The van der Waals surface area contributed by atoms with Crippen molar-refractivity contribution in [1.29, 1.82) is 0 Å². The Morgan fingerprint density at radius 2 is 1.60 bits per heavy atom. The first-order chi connectivity index (χ1) is 9.72. The quantitative estimate of drug-likeness (QED) is 0.722. The normalized spacial score (nSPS) is 10.7. The van der Waals surface area contributed by atoms with Gasteiger partial charge in [-0.15, -0.1) is 0 Å². The van der Waals surface area contributed by atoms with E-state index in [0.29, 0.717) is 0 Å². The maximum atomic E-state index is 4.44. The number of hydrogen-bond donors (Lipinski definition) is 0. The van der Waals surface area contributed by atoms with E-state index in [-0.39, 0.29) is 0 Å². The van der Waals surface area contributed by atoms with Gasteiger partial charge in [0.25, 0.3) is 0 Å². The zero-order chi connectivity index (χ0) is 13.9. The second-order valence-electron chi connectivity index (χ2n) is 5.11. The van der Waals surface area contributed by atoms with E-state index in [1.807, 2.05) is 41.5 Å². The lowest BCUT2D eigenvalue weighted by Crippen LogP contribution is -2.04. The number of aryl methyl sites for hydroxylation is 2. The average molecular weight is 263 g/mol. The van der Waals surface area contributed by atoms with Gasteiger partial charge >= 0.3 is 0 Å². The topological polar surface area (TPSA) is 30.7 Å². The molecule has 0 aliphatic rings. The van der Waals surface area contributed by atoms with Crippen LogP contribution < -0.4 is 0 Å². The molecule has 3 heteroatoms. The van der Waals surface area contributed by atoms with Crippen LogP contribution in [-0.4, -0.2) is 14.8 Å². The van der Waals surface area contributed by atoms with Crippen molar-refractivity contribution in [2.45, 2.75) is 20.4 Å². The van der Waals surface area contributed by atoms with Crippen LogP contribution in [0.15, 0.2) is 55.0 Å². The summed E-state index contributed by atoms with van der Waals surface area (Å²) in [5.74, 6) is 0. The van der Waals surface area contributed by atoms with Crippen molar-refractivity contribution < 1.29 is 0 Å². The molecule has 3 rings (SSSR count). The van der Waals surface area contributed by atoms with E-state index in [2.05, 4.69) is 42.1 Å². The SMILES string of the molecule is Cc1cc(C)cc(Cn2nccc2-c2ccncc2)c1. The third kappa shape index (κ3) is 2.62. The maximum absolute atomic E-state index is 4.44. The highest BCUT2D eigenvalue weighted by Gasteiger charge is 2.06. The Labute approximate surface area is 118 Å². The Kier molecular flexibility index (Phi) is 3.33. The fraction of sp³-hybridized carbons (Fsp3) is 0.176. The fourth-order valence-corrected chi connectivity index (χ4v) is 2.56. The van der Waals surface area contributed by atoms with Crippen molar-refractivity contribution in [1.82, 2.24) is 14.8 Å². The van der Waals surface area contributed by atoms with E-state index < -0.39 is 0 Å². The summed E-state index contributed by atoms with van der Waals surface area (Å²) in [6.07, 6.45) is 5.46. The summed E-state index contributed by atoms with van der Waals surface area (Å²) in [7, 11) is 0. The number of rotatable bonds is 3. The maximum Gasteiger partial charge on any atom is 0.0687 e. The van der Waals surface area contributed by atoms with Crippen LogP contribution in [0.2, 0.25) is 0 Å². The first kappa shape index (κ1) is 12.6. The van der Waals surface area contributed by atoms with Crippen LogP contribution in [0, 0.1) is 13.8 Å². The molecule has 0 unspecified atom stereocenters. The predicted molar refractivity (Wildman–Crippen MR) is 80.5 cm³/mol. The van der Waals surface area contributed by atoms with E-state index in [9.17, 15) is 0 Å². The number of nitrogens with zero attached hydrogens (tertiary/aromatic N) is 3. The van der Waals surface area contributed by atoms with E-state index in [1.54, 1.807) is 0 Å². The van der Waals surface area contributed by atoms with Crippen LogP contribution in [0.25, 0.3) is 11.3 Å². The molecule has 0 amide bonds. The van der Waals surface area contributed by atoms with Crippen LogP contribution in [0.4, 0.5) is 0 Å². The summed E-state index contributed by atoms with van der Waals surface area (Å²) < 4.78 is 2.03. The monoisotopic (exact) mass is 263 g/mol. The molecule has 3 aromatic rings. The van der Waals surface area contributed by atoms with Gasteiger partial charge in [-0.3, -0.25) is 9.67 Å². The first-order valence-electron chi connectivity index (χ1n) is 6.72. The zero-order valence-corrected chi connectivity index (χ0v) is 11.7. The third-order valence-electron chi connectivity index (χ3n) is 3.31. The summed E-state index contributed by atoms with van der Waals surface area (Å²) in [4.78, 5) is 4.06. The molecule has 0 spiro atoms. The van der Waals surface area contributed by atoms with Crippen LogP contribution in [0.1, 0.15) is 16.7 Å². The van der Waals surface area contributed by atoms with Gasteiger partial charge < -0.3 is 0 Å². The minimum Gasteiger partial charge on any atom is -0.265 e. The van der Waals surface area contributed by atoms with Crippen LogP contribution in [0.5, 0.6) is 0 Å². The van der Waals surface area contributed by atoms with Gasteiger partial charge in [0.05, 0.1) is 12.2 Å². The fourth-order valence-electron chi connectivity index (χ4n) is 2.56. The molecule has 0 saturated carbocycles. The summed E-state index contributed by atoms with van der Waals surface area (Å²) in [5, 5.41) is 4.44. The summed E-state index contributed by atoms with van der Waals surface area (Å²) in [6, 6.07) is 12.7. The van der Waals surface area contributed by atoms with Crippen LogP contribution >= 0.6 is 0 Å².